The highest BCUT2D eigenvalue weighted by molar-refractivity contribution is 6.13. The van der Waals surface area contributed by atoms with E-state index in [0.29, 0.717) is 0 Å². The topological polar surface area (TPSA) is 3.24 Å². The lowest BCUT2D eigenvalue weighted by molar-refractivity contribution is 0.661. The first-order chi connectivity index (χ1) is 23.6. The van der Waals surface area contributed by atoms with Gasteiger partial charge in [0.15, 0.2) is 0 Å². The highest BCUT2D eigenvalue weighted by Gasteiger charge is 2.38. The summed E-state index contributed by atoms with van der Waals surface area (Å²) in [6, 6.07) is 64.3. The lowest BCUT2D eigenvalue weighted by Gasteiger charge is -2.32. The molecule has 0 fully saturated rings. The van der Waals surface area contributed by atoms with Crippen LogP contribution in [-0.2, 0) is 5.41 Å². The average molecular weight is 614 g/mol. The number of rotatable bonds is 5. The summed E-state index contributed by atoms with van der Waals surface area (Å²) in [4.78, 5) is 2.46. The third-order valence-electron chi connectivity index (χ3n) is 10.2. The van der Waals surface area contributed by atoms with E-state index in [1.165, 1.54) is 71.7 Å². The number of anilines is 3. The molecule has 0 unspecified atom stereocenters. The lowest BCUT2D eigenvalue weighted by atomic mass is 9.81. The molecule has 8 aromatic carbocycles. The quantitative estimate of drug-likeness (QED) is 0.175. The Morgan fingerprint density at radius 1 is 0.396 bits per heavy atom. The maximum absolute atomic E-state index is 2.46. The van der Waals surface area contributed by atoms with Gasteiger partial charge in [-0.25, -0.2) is 0 Å². The van der Waals surface area contributed by atoms with Crippen LogP contribution in [0.2, 0.25) is 0 Å². The molecule has 9 rings (SSSR count). The minimum Gasteiger partial charge on any atom is -0.310 e. The Hall–Kier alpha value is -5.92. The van der Waals surface area contributed by atoms with Gasteiger partial charge in [-0.15, -0.1) is 0 Å². The van der Waals surface area contributed by atoms with Crippen LogP contribution < -0.4 is 4.90 Å². The van der Waals surface area contributed by atoms with Crippen LogP contribution in [0.15, 0.2) is 176 Å². The van der Waals surface area contributed by atoms with E-state index in [9.17, 15) is 0 Å². The second kappa shape index (κ2) is 11.1. The molecule has 0 N–H and O–H groups in total. The van der Waals surface area contributed by atoms with E-state index in [4.69, 9.17) is 0 Å². The fraction of sp³-hybridized carbons (Fsp3) is 0.0638. The van der Waals surface area contributed by atoms with E-state index in [1.807, 2.05) is 0 Å². The molecule has 1 aliphatic carbocycles. The van der Waals surface area contributed by atoms with Crippen molar-refractivity contribution in [2.45, 2.75) is 19.3 Å². The summed E-state index contributed by atoms with van der Waals surface area (Å²) < 4.78 is 0. The third-order valence-corrected chi connectivity index (χ3v) is 10.2. The van der Waals surface area contributed by atoms with Crippen molar-refractivity contribution in [2.75, 3.05) is 4.90 Å². The second-order valence-electron chi connectivity index (χ2n) is 13.4. The molecule has 0 atom stereocenters. The van der Waals surface area contributed by atoms with E-state index < -0.39 is 0 Å². The van der Waals surface area contributed by atoms with Crippen molar-refractivity contribution in [3.05, 3.63) is 187 Å². The first-order valence-corrected chi connectivity index (χ1v) is 16.8. The number of hydrogen-bond acceptors (Lipinski definition) is 1. The number of benzene rings is 8. The Labute approximate surface area is 282 Å². The molecule has 0 saturated heterocycles. The minimum atomic E-state index is -0.151. The van der Waals surface area contributed by atoms with Crippen molar-refractivity contribution < 1.29 is 0 Å². The van der Waals surface area contributed by atoms with Crippen molar-refractivity contribution in [3.63, 3.8) is 0 Å². The fourth-order valence-electron chi connectivity index (χ4n) is 7.97. The highest BCUT2D eigenvalue weighted by Crippen LogP contribution is 2.54. The van der Waals surface area contributed by atoms with Gasteiger partial charge in [-0.05, 0) is 102 Å². The van der Waals surface area contributed by atoms with E-state index >= 15 is 0 Å². The van der Waals surface area contributed by atoms with Gasteiger partial charge in [0.25, 0.3) is 0 Å². The monoisotopic (exact) mass is 613 g/mol. The molecule has 0 amide bonds. The molecule has 0 saturated carbocycles. The molecule has 0 radical (unpaired) electrons. The first kappa shape index (κ1) is 28.3. The highest BCUT2D eigenvalue weighted by atomic mass is 15.1. The van der Waals surface area contributed by atoms with Gasteiger partial charge in [-0.3, -0.25) is 0 Å². The van der Waals surface area contributed by atoms with Crippen LogP contribution in [-0.4, -0.2) is 0 Å². The van der Waals surface area contributed by atoms with E-state index in [0.717, 1.165) is 11.4 Å². The third kappa shape index (κ3) is 4.47. The molecule has 1 nitrogen and oxygen atoms in total. The molecule has 0 aromatic heterocycles. The van der Waals surface area contributed by atoms with Crippen LogP contribution in [0.1, 0.15) is 25.0 Å². The molecule has 8 aromatic rings. The van der Waals surface area contributed by atoms with Crippen LogP contribution >= 0.6 is 0 Å². The van der Waals surface area contributed by atoms with E-state index in [2.05, 4.69) is 195 Å². The first-order valence-electron chi connectivity index (χ1n) is 16.8. The van der Waals surface area contributed by atoms with E-state index in [-0.39, 0.29) is 5.41 Å². The zero-order valence-corrected chi connectivity index (χ0v) is 27.2. The summed E-state index contributed by atoms with van der Waals surface area (Å²) in [5.41, 5.74) is 13.6. The van der Waals surface area contributed by atoms with Crippen molar-refractivity contribution in [3.8, 4) is 33.4 Å². The minimum absolute atomic E-state index is 0.151. The Balaban J connectivity index is 1.24. The maximum Gasteiger partial charge on any atom is 0.0508 e. The van der Waals surface area contributed by atoms with Crippen LogP contribution in [0.4, 0.5) is 17.1 Å². The van der Waals surface area contributed by atoms with Gasteiger partial charge in [0.1, 0.15) is 0 Å². The molecule has 1 aliphatic rings. The molecule has 0 aliphatic heterocycles. The van der Waals surface area contributed by atoms with Crippen LogP contribution in [0, 0.1) is 0 Å². The summed E-state index contributed by atoms with van der Waals surface area (Å²) in [6.45, 7) is 4.74. The predicted octanol–water partition coefficient (Wildman–Crippen LogP) is 13.1. The summed E-state index contributed by atoms with van der Waals surface area (Å²) in [6.07, 6.45) is 0. The molecule has 1 heteroatoms. The standard InChI is InChI=1S/C47H35N/c1-47(2)44-24-11-10-22-41(44)42-23-13-25-45(46(42)47)48(37-18-12-17-34(30-37)32-14-4-3-5-15-32)36-28-26-33(27-29-36)43-31-35-16-6-7-19-38(35)39-20-8-9-21-40(39)43/h3-31H,1-2H3. The van der Waals surface area contributed by atoms with Gasteiger partial charge in [0, 0.05) is 16.8 Å². The Morgan fingerprint density at radius 3 is 1.88 bits per heavy atom. The molecule has 0 bridgehead atoms. The van der Waals surface area contributed by atoms with Crippen LogP contribution in [0.3, 0.4) is 0 Å². The van der Waals surface area contributed by atoms with Crippen molar-refractivity contribution >= 4 is 38.6 Å². The molecule has 228 valence electrons. The Kier molecular flexibility index (Phi) is 6.55. The van der Waals surface area contributed by atoms with Gasteiger partial charge in [-0.1, -0.05) is 153 Å². The number of hydrogen-bond donors (Lipinski definition) is 0. The zero-order valence-electron chi connectivity index (χ0n) is 27.2. The van der Waals surface area contributed by atoms with E-state index in [1.54, 1.807) is 0 Å². The zero-order chi connectivity index (χ0) is 32.2. The summed E-state index contributed by atoms with van der Waals surface area (Å²) in [5, 5.41) is 5.11. The molecule has 0 spiro atoms. The van der Waals surface area contributed by atoms with Gasteiger partial charge >= 0.3 is 0 Å². The molecular weight excluding hydrogens is 579 g/mol. The smallest absolute Gasteiger partial charge is 0.0508 e. The number of nitrogens with zero attached hydrogens (tertiary/aromatic N) is 1. The average Bonchev–Trinajstić information content (AvgIpc) is 3.39. The SMILES string of the molecule is CC1(C)c2ccccc2-c2cccc(N(c3ccc(-c4cc5ccccc5c5ccccc45)cc3)c3cccc(-c4ccccc4)c3)c21. The molecule has 0 heterocycles. The summed E-state index contributed by atoms with van der Waals surface area (Å²) in [5.74, 6) is 0. The predicted molar refractivity (Wildman–Crippen MR) is 205 cm³/mol. The van der Waals surface area contributed by atoms with Gasteiger partial charge in [0.05, 0.1) is 5.69 Å². The lowest BCUT2D eigenvalue weighted by Crippen LogP contribution is -2.20. The van der Waals surface area contributed by atoms with Crippen molar-refractivity contribution in [1.29, 1.82) is 0 Å². The van der Waals surface area contributed by atoms with Crippen LogP contribution in [0.5, 0.6) is 0 Å². The van der Waals surface area contributed by atoms with Crippen molar-refractivity contribution in [2.24, 2.45) is 0 Å². The summed E-state index contributed by atoms with van der Waals surface area (Å²) >= 11 is 0. The normalized spacial score (nSPS) is 13.0. The fourth-order valence-corrected chi connectivity index (χ4v) is 7.97. The molecule has 48 heavy (non-hydrogen) atoms. The summed E-state index contributed by atoms with van der Waals surface area (Å²) in [7, 11) is 0. The molecular formula is C47H35N. The Bertz CT molecular complexity index is 2470. The van der Waals surface area contributed by atoms with Crippen LogP contribution in [0.25, 0.3) is 54.9 Å². The van der Waals surface area contributed by atoms with Gasteiger partial charge in [0.2, 0.25) is 0 Å². The Morgan fingerprint density at radius 2 is 1.04 bits per heavy atom. The maximum atomic E-state index is 2.46. The van der Waals surface area contributed by atoms with Crippen molar-refractivity contribution in [1.82, 2.24) is 0 Å². The van der Waals surface area contributed by atoms with Gasteiger partial charge < -0.3 is 4.90 Å². The second-order valence-corrected chi connectivity index (χ2v) is 13.4. The number of fused-ring (bicyclic) bond motifs is 6. The van der Waals surface area contributed by atoms with Gasteiger partial charge in [-0.2, -0.15) is 0 Å². The largest absolute Gasteiger partial charge is 0.310 e.